The highest BCUT2D eigenvalue weighted by Crippen LogP contribution is 2.40. The fraction of sp³-hybridized carbons (Fsp3) is 0.136. The molecule has 0 amide bonds. The summed E-state index contributed by atoms with van der Waals surface area (Å²) in [6.45, 7) is 2.09. The first-order chi connectivity index (χ1) is 14.3. The number of aromatic nitrogens is 3. The van der Waals surface area contributed by atoms with Gasteiger partial charge in [-0.05, 0) is 30.0 Å². The van der Waals surface area contributed by atoms with E-state index in [1.165, 1.54) is 11.1 Å². The van der Waals surface area contributed by atoms with Gasteiger partial charge in [-0.15, -0.1) is 21.5 Å². The van der Waals surface area contributed by atoms with E-state index in [1.807, 2.05) is 35.7 Å². The molecule has 2 aromatic carbocycles. The molecule has 0 fully saturated rings. The standard InChI is InChI=1S/C22H18N4OS2/c1-14-8-10-15(11-9-14)13-29-22-24-21-19(25-26-22)16-5-2-3-6-17(16)23-20(27-21)18-7-4-12-28-18/h2-12,20,23H,13H2,1H3/t20-/m1/s1. The van der Waals surface area contributed by atoms with Gasteiger partial charge in [-0.3, -0.25) is 0 Å². The topological polar surface area (TPSA) is 59.9 Å². The molecule has 7 heteroatoms. The largest absolute Gasteiger partial charge is 0.447 e. The number of fused-ring (bicyclic) bond motifs is 3. The van der Waals surface area contributed by atoms with Crippen LogP contribution in [0.2, 0.25) is 0 Å². The summed E-state index contributed by atoms with van der Waals surface area (Å²) in [6.07, 6.45) is -0.316. The zero-order valence-electron chi connectivity index (χ0n) is 15.7. The highest BCUT2D eigenvalue weighted by atomic mass is 32.2. The zero-order valence-corrected chi connectivity index (χ0v) is 17.3. The van der Waals surface area contributed by atoms with Crippen molar-refractivity contribution in [3.8, 4) is 17.1 Å². The molecular formula is C22H18N4OS2. The van der Waals surface area contributed by atoms with Crippen LogP contribution in [0.4, 0.5) is 5.69 Å². The molecule has 29 heavy (non-hydrogen) atoms. The lowest BCUT2D eigenvalue weighted by molar-refractivity contribution is 0.229. The Morgan fingerprint density at radius 3 is 2.72 bits per heavy atom. The van der Waals surface area contributed by atoms with Crippen molar-refractivity contribution in [1.29, 1.82) is 0 Å². The second kappa shape index (κ2) is 7.85. The fourth-order valence-electron chi connectivity index (χ4n) is 3.11. The highest BCUT2D eigenvalue weighted by molar-refractivity contribution is 7.98. The number of thiophene rings is 1. The van der Waals surface area contributed by atoms with E-state index in [9.17, 15) is 0 Å². The summed E-state index contributed by atoms with van der Waals surface area (Å²) in [5.74, 6) is 1.28. The van der Waals surface area contributed by atoms with Crippen LogP contribution >= 0.6 is 23.1 Å². The van der Waals surface area contributed by atoms with Crippen molar-refractivity contribution in [1.82, 2.24) is 15.2 Å². The quantitative estimate of drug-likeness (QED) is 0.429. The number of hydrogen-bond donors (Lipinski definition) is 1. The fourth-order valence-corrected chi connectivity index (χ4v) is 4.55. The van der Waals surface area contributed by atoms with Crippen molar-refractivity contribution in [2.24, 2.45) is 0 Å². The van der Waals surface area contributed by atoms with Gasteiger partial charge in [0.15, 0.2) is 5.69 Å². The molecular weight excluding hydrogens is 400 g/mol. The second-order valence-electron chi connectivity index (χ2n) is 6.73. The van der Waals surface area contributed by atoms with Gasteiger partial charge in [-0.2, -0.15) is 4.98 Å². The van der Waals surface area contributed by atoms with Crippen molar-refractivity contribution in [2.75, 3.05) is 5.32 Å². The molecule has 0 spiro atoms. The number of thioether (sulfide) groups is 1. The number of aryl methyl sites for hydroxylation is 1. The Hall–Kier alpha value is -2.90. The van der Waals surface area contributed by atoms with Crippen LogP contribution in [0.15, 0.2) is 71.2 Å². The van der Waals surface area contributed by atoms with Crippen molar-refractivity contribution in [3.63, 3.8) is 0 Å². The van der Waals surface area contributed by atoms with Crippen LogP contribution in [0.3, 0.4) is 0 Å². The van der Waals surface area contributed by atoms with Crippen LogP contribution in [0.5, 0.6) is 5.88 Å². The average Bonchev–Trinajstić information content (AvgIpc) is 3.23. The van der Waals surface area contributed by atoms with Gasteiger partial charge in [0.2, 0.25) is 17.3 Å². The predicted molar refractivity (Wildman–Crippen MR) is 117 cm³/mol. The van der Waals surface area contributed by atoms with Crippen molar-refractivity contribution < 1.29 is 4.74 Å². The summed E-state index contributed by atoms with van der Waals surface area (Å²) in [5, 5.41) is 14.9. The minimum Gasteiger partial charge on any atom is -0.447 e. The first kappa shape index (κ1) is 18.1. The van der Waals surface area contributed by atoms with E-state index in [2.05, 4.69) is 52.8 Å². The maximum absolute atomic E-state index is 6.26. The van der Waals surface area contributed by atoms with Gasteiger partial charge < -0.3 is 10.1 Å². The number of anilines is 1. The van der Waals surface area contributed by atoms with Gasteiger partial charge in [0.1, 0.15) is 0 Å². The molecule has 0 bridgehead atoms. The van der Waals surface area contributed by atoms with E-state index in [1.54, 1.807) is 23.1 Å². The van der Waals surface area contributed by atoms with Gasteiger partial charge in [0, 0.05) is 17.0 Å². The van der Waals surface area contributed by atoms with Crippen LogP contribution in [0, 0.1) is 6.92 Å². The Labute approximate surface area is 177 Å². The van der Waals surface area contributed by atoms with Gasteiger partial charge >= 0.3 is 0 Å². The number of ether oxygens (including phenoxy) is 1. The maximum Gasteiger partial charge on any atom is 0.247 e. The number of hydrogen-bond acceptors (Lipinski definition) is 7. The molecule has 1 aliphatic heterocycles. The van der Waals surface area contributed by atoms with Crippen LogP contribution in [0.1, 0.15) is 22.2 Å². The van der Waals surface area contributed by atoms with Gasteiger partial charge in [-0.1, -0.05) is 65.9 Å². The minimum atomic E-state index is -0.316. The molecule has 0 radical (unpaired) electrons. The Morgan fingerprint density at radius 2 is 1.90 bits per heavy atom. The molecule has 4 aromatic rings. The third-order valence-electron chi connectivity index (χ3n) is 4.62. The molecule has 0 aliphatic carbocycles. The third kappa shape index (κ3) is 3.83. The van der Waals surface area contributed by atoms with E-state index in [0.29, 0.717) is 16.7 Å². The van der Waals surface area contributed by atoms with E-state index >= 15 is 0 Å². The Kier molecular flexibility index (Phi) is 4.91. The number of para-hydroxylation sites is 1. The van der Waals surface area contributed by atoms with E-state index in [4.69, 9.17) is 9.72 Å². The molecule has 5 rings (SSSR count). The molecule has 1 N–H and O–H groups in total. The molecule has 3 heterocycles. The summed E-state index contributed by atoms with van der Waals surface area (Å²) >= 11 is 3.20. The molecule has 1 atom stereocenters. The van der Waals surface area contributed by atoms with Crippen LogP contribution in [0.25, 0.3) is 11.3 Å². The molecule has 2 aromatic heterocycles. The Bertz CT molecular complexity index is 1130. The molecule has 5 nitrogen and oxygen atoms in total. The van der Waals surface area contributed by atoms with E-state index < -0.39 is 0 Å². The predicted octanol–water partition coefficient (Wildman–Crippen LogP) is 5.70. The first-order valence-corrected chi connectivity index (χ1v) is 11.1. The lowest BCUT2D eigenvalue weighted by atomic mass is 10.1. The monoisotopic (exact) mass is 418 g/mol. The van der Waals surface area contributed by atoms with Gasteiger partial charge in [-0.25, -0.2) is 0 Å². The number of rotatable bonds is 4. The summed E-state index contributed by atoms with van der Waals surface area (Å²) < 4.78 is 6.26. The second-order valence-corrected chi connectivity index (χ2v) is 8.65. The van der Waals surface area contributed by atoms with Crippen LogP contribution in [-0.2, 0) is 5.75 Å². The minimum absolute atomic E-state index is 0.316. The molecule has 0 saturated heterocycles. The van der Waals surface area contributed by atoms with Gasteiger partial charge in [0.05, 0.1) is 4.88 Å². The Balaban J connectivity index is 1.47. The Morgan fingerprint density at radius 1 is 1.03 bits per heavy atom. The molecule has 0 saturated carbocycles. The van der Waals surface area contributed by atoms with Crippen LogP contribution < -0.4 is 10.1 Å². The number of nitrogens with one attached hydrogen (secondary N) is 1. The van der Waals surface area contributed by atoms with E-state index in [-0.39, 0.29) is 6.23 Å². The number of nitrogens with zero attached hydrogens (tertiary/aromatic N) is 3. The SMILES string of the molecule is Cc1ccc(CSc2nnc3c(n2)O[C@H](c2cccs2)Nc2ccccc2-3)cc1. The summed E-state index contributed by atoms with van der Waals surface area (Å²) in [7, 11) is 0. The van der Waals surface area contributed by atoms with Crippen molar-refractivity contribution in [2.45, 2.75) is 24.1 Å². The number of benzene rings is 2. The molecule has 144 valence electrons. The first-order valence-electron chi connectivity index (χ1n) is 9.25. The molecule has 0 unspecified atom stereocenters. The third-order valence-corrected chi connectivity index (χ3v) is 6.45. The summed E-state index contributed by atoms with van der Waals surface area (Å²) in [6, 6.07) is 20.6. The van der Waals surface area contributed by atoms with E-state index in [0.717, 1.165) is 21.9 Å². The van der Waals surface area contributed by atoms with Crippen molar-refractivity contribution >= 4 is 28.8 Å². The summed E-state index contributed by atoms with van der Waals surface area (Å²) in [5.41, 5.74) is 5.04. The summed E-state index contributed by atoms with van der Waals surface area (Å²) in [4.78, 5) is 5.78. The zero-order chi connectivity index (χ0) is 19.6. The lowest BCUT2D eigenvalue weighted by Gasteiger charge is -2.17. The molecule has 1 aliphatic rings. The highest BCUT2D eigenvalue weighted by Gasteiger charge is 2.26. The smallest absolute Gasteiger partial charge is 0.247 e. The lowest BCUT2D eigenvalue weighted by Crippen LogP contribution is -2.15. The normalized spacial score (nSPS) is 14.9. The van der Waals surface area contributed by atoms with Crippen LogP contribution in [-0.4, -0.2) is 15.2 Å². The van der Waals surface area contributed by atoms with Gasteiger partial charge in [0.25, 0.3) is 0 Å². The maximum atomic E-state index is 6.26. The van der Waals surface area contributed by atoms with Crippen molar-refractivity contribution in [3.05, 3.63) is 82.0 Å². The average molecular weight is 419 g/mol.